The molecule has 0 spiro atoms. The number of nitrogens with one attached hydrogen (secondary N) is 1. The molecule has 1 amide bonds. The minimum atomic E-state index is -4.78. The monoisotopic (exact) mass is 501 g/mol. The largest absolute Gasteiger partial charge is 0.435 e. The predicted octanol–water partition coefficient (Wildman–Crippen LogP) is 5.72. The molecule has 1 N–H and O–H groups in total. The Kier molecular flexibility index (Phi) is 6.17. The van der Waals surface area contributed by atoms with Gasteiger partial charge in [-0.3, -0.25) is 9.79 Å². The number of benzene rings is 2. The van der Waals surface area contributed by atoms with E-state index in [0.717, 1.165) is 5.75 Å². The number of amidine groups is 1. The zero-order valence-electron chi connectivity index (χ0n) is 16.6. The highest BCUT2D eigenvalue weighted by Crippen LogP contribution is 2.49. The maximum Gasteiger partial charge on any atom is 0.435 e. The molecular weight excluding hydrogens is 486 g/mol. The first-order chi connectivity index (χ1) is 15.1. The van der Waals surface area contributed by atoms with Crippen LogP contribution in [0, 0.1) is 6.92 Å². The van der Waals surface area contributed by atoms with Gasteiger partial charge in [-0.15, -0.1) is 0 Å². The molecular formula is C21H16Cl2F3N3O2S. The van der Waals surface area contributed by atoms with E-state index in [4.69, 9.17) is 28.0 Å². The zero-order chi connectivity index (χ0) is 23.1. The van der Waals surface area contributed by atoms with Crippen LogP contribution in [-0.2, 0) is 10.4 Å². The van der Waals surface area contributed by atoms with Crippen LogP contribution >= 0.6 is 35.0 Å². The Labute approximate surface area is 196 Å². The minimum Gasteiger partial charge on any atom is -0.374 e. The number of amides is 1. The van der Waals surface area contributed by atoms with Gasteiger partial charge in [-0.25, -0.2) is 0 Å². The molecule has 0 aromatic heterocycles. The van der Waals surface area contributed by atoms with Crippen LogP contribution in [0.1, 0.15) is 33.5 Å². The highest BCUT2D eigenvalue weighted by atomic mass is 35.5. The summed E-state index contributed by atoms with van der Waals surface area (Å²) in [5, 5.41) is 7.16. The summed E-state index contributed by atoms with van der Waals surface area (Å²) in [7, 11) is 0. The van der Waals surface area contributed by atoms with E-state index in [2.05, 4.69) is 15.5 Å². The van der Waals surface area contributed by atoms with Crippen molar-refractivity contribution in [2.75, 3.05) is 12.3 Å². The van der Waals surface area contributed by atoms with Gasteiger partial charge in [0, 0.05) is 33.3 Å². The summed E-state index contributed by atoms with van der Waals surface area (Å²) in [4.78, 5) is 21.7. The SMILES string of the molecule is Cc1cc(C2=NOC(c3cc(Cl)cc(Cl)c3)(C(F)(F)F)C2)ccc1C(=O)NC1=NCCS1. The fourth-order valence-corrected chi connectivity index (χ4v) is 4.77. The molecule has 0 bridgehead atoms. The first-order valence-electron chi connectivity index (χ1n) is 9.47. The molecule has 2 aliphatic heterocycles. The number of rotatable bonds is 3. The molecule has 4 rings (SSSR count). The lowest BCUT2D eigenvalue weighted by Crippen LogP contribution is -2.42. The van der Waals surface area contributed by atoms with Crippen molar-refractivity contribution in [1.29, 1.82) is 0 Å². The number of carbonyl (C=O) groups is 1. The van der Waals surface area contributed by atoms with E-state index in [1.54, 1.807) is 25.1 Å². The van der Waals surface area contributed by atoms with Crippen molar-refractivity contribution in [3.63, 3.8) is 0 Å². The second-order valence-electron chi connectivity index (χ2n) is 7.31. The number of thioether (sulfide) groups is 1. The standard InChI is InChI=1S/C21H16Cl2F3N3O2S/c1-11-6-12(2-3-16(11)18(30)28-19-27-4-5-32-19)17-10-20(31-29-17,21(24,25)26)13-7-14(22)9-15(23)8-13/h2-3,6-9H,4-5,10H2,1H3,(H,27,28,30). The summed E-state index contributed by atoms with van der Waals surface area (Å²) >= 11 is 13.3. The zero-order valence-corrected chi connectivity index (χ0v) is 18.9. The molecule has 0 fully saturated rings. The van der Waals surface area contributed by atoms with Crippen LogP contribution in [0.15, 0.2) is 46.5 Å². The highest BCUT2D eigenvalue weighted by molar-refractivity contribution is 8.14. The topological polar surface area (TPSA) is 63.0 Å². The van der Waals surface area contributed by atoms with Gasteiger partial charge in [-0.2, -0.15) is 13.2 Å². The molecule has 0 saturated carbocycles. The van der Waals surface area contributed by atoms with E-state index in [9.17, 15) is 18.0 Å². The predicted molar refractivity (Wildman–Crippen MR) is 120 cm³/mol. The van der Waals surface area contributed by atoms with Crippen molar-refractivity contribution < 1.29 is 22.8 Å². The van der Waals surface area contributed by atoms with Crippen LogP contribution in [0.2, 0.25) is 10.0 Å². The average Bonchev–Trinajstić information content (AvgIpc) is 3.37. The third kappa shape index (κ3) is 4.33. The summed E-state index contributed by atoms with van der Waals surface area (Å²) in [6.07, 6.45) is -5.34. The van der Waals surface area contributed by atoms with Gasteiger partial charge in [0.1, 0.15) is 0 Å². The molecule has 2 aromatic rings. The number of alkyl halides is 3. The Bertz CT molecular complexity index is 1130. The normalized spacial score (nSPS) is 20.6. The molecule has 2 aromatic carbocycles. The summed E-state index contributed by atoms with van der Waals surface area (Å²) in [6, 6.07) is 8.38. The van der Waals surface area contributed by atoms with E-state index in [0.29, 0.717) is 28.4 Å². The lowest BCUT2D eigenvalue weighted by Gasteiger charge is -2.29. The van der Waals surface area contributed by atoms with Crippen LogP contribution in [0.3, 0.4) is 0 Å². The maximum atomic E-state index is 14.1. The van der Waals surface area contributed by atoms with Crippen LogP contribution in [0.5, 0.6) is 0 Å². The molecule has 5 nitrogen and oxygen atoms in total. The molecule has 11 heteroatoms. The number of aryl methyl sites for hydroxylation is 1. The molecule has 1 unspecified atom stereocenters. The third-order valence-corrected chi connectivity index (χ3v) is 6.45. The highest BCUT2D eigenvalue weighted by Gasteiger charge is 2.62. The van der Waals surface area contributed by atoms with Crippen LogP contribution in [0.4, 0.5) is 13.2 Å². The van der Waals surface area contributed by atoms with Gasteiger partial charge in [0.05, 0.1) is 12.3 Å². The quantitative estimate of drug-likeness (QED) is 0.585. The summed E-state index contributed by atoms with van der Waals surface area (Å²) < 4.78 is 42.4. The van der Waals surface area contributed by atoms with Crippen molar-refractivity contribution in [2.45, 2.75) is 25.1 Å². The summed E-state index contributed by atoms with van der Waals surface area (Å²) in [5.74, 6) is 0.483. The van der Waals surface area contributed by atoms with Gasteiger partial charge in [-0.1, -0.05) is 46.2 Å². The molecule has 32 heavy (non-hydrogen) atoms. The Balaban J connectivity index is 1.61. The van der Waals surface area contributed by atoms with E-state index in [1.165, 1.54) is 30.0 Å². The van der Waals surface area contributed by atoms with E-state index < -0.39 is 18.2 Å². The van der Waals surface area contributed by atoms with Crippen LogP contribution in [-0.4, -0.2) is 35.3 Å². The first kappa shape index (κ1) is 22.9. The smallest absolute Gasteiger partial charge is 0.374 e. The lowest BCUT2D eigenvalue weighted by atomic mass is 9.86. The molecule has 0 saturated heterocycles. The van der Waals surface area contributed by atoms with E-state index >= 15 is 0 Å². The van der Waals surface area contributed by atoms with E-state index in [-0.39, 0.29) is 27.2 Å². The maximum absolute atomic E-state index is 14.1. The number of aliphatic imine (C=N–C) groups is 1. The first-order valence-corrected chi connectivity index (χ1v) is 11.2. The van der Waals surface area contributed by atoms with Gasteiger partial charge in [0.15, 0.2) is 5.17 Å². The van der Waals surface area contributed by atoms with Gasteiger partial charge >= 0.3 is 6.18 Å². The van der Waals surface area contributed by atoms with Gasteiger partial charge < -0.3 is 10.2 Å². The van der Waals surface area contributed by atoms with Gasteiger partial charge in [0.2, 0.25) is 0 Å². The molecule has 0 radical (unpaired) electrons. The van der Waals surface area contributed by atoms with Crippen molar-refractivity contribution in [1.82, 2.24) is 5.32 Å². The number of oxime groups is 1. The molecule has 1 atom stereocenters. The summed E-state index contributed by atoms with van der Waals surface area (Å²) in [6.45, 7) is 2.35. The van der Waals surface area contributed by atoms with E-state index in [1.807, 2.05) is 0 Å². The molecule has 0 aliphatic carbocycles. The Morgan fingerprint density at radius 2 is 1.91 bits per heavy atom. The van der Waals surface area contributed by atoms with Crippen molar-refractivity contribution in [3.05, 3.63) is 68.7 Å². The summed E-state index contributed by atoms with van der Waals surface area (Å²) in [5.41, 5.74) is -1.44. The van der Waals surface area contributed by atoms with Crippen molar-refractivity contribution >= 4 is 51.8 Å². The number of hydrogen-bond acceptors (Lipinski definition) is 5. The lowest BCUT2D eigenvalue weighted by molar-refractivity contribution is -0.275. The van der Waals surface area contributed by atoms with Gasteiger partial charge in [0.25, 0.3) is 11.5 Å². The second kappa shape index (κ2) is 8.61. The fraction of sp³-hybridized carbons (Fsp3) is 0.286. The number of carbonyl (C=O) groups excluding carboxylic acids is 1. The third-order valence-electron chi connectivity index (χ3n) is 5.13. The fourth-order valence-electron chi connectivity index (χ4n) is 3.52. The number of hydrogen-bond donors (Lipinski definition) is 1. The van der Waals surface area contributed by atoms with Crippen molar-refractivity contribution in [2.24, 2.45) is 10.1 Å². The molecule has 2 heterocycles. The second-order valence-corrected chi connectivity index (χ2v) is 9.26. The number of halogens is 5. The average molecular weight is 502 g/mol. The minimum absolute atomic E-state index is 0.0596. The van der Waals surface area contributed by atoms with Gasteiger partial charge in [-0.05, 0) is 48.4 Å². The Hall–Kier alpha value is -2.23. The Morgan fingerprint density at radius 1 is 1.19 bits per heavy atom. The molecule has 168 valence electrons. The Morgan fingerprint density at radius 3 is 2.50 bits per heavy atom. The number of nitrogens with zero attached hydrogens (tertiary/aromatic N) is 2. The van der Waals surface area contributed by atoms with Crippen molar-refractivity contribution in [3.8, 4) is 0 Å². The van der Waals surface area contributed by atoms with Crippen LogP contribution < -0.4 is 5.32 Å². The van der Waals surface area contributed by atoms with Crippen LogP contribution in [0.25, 0.3) is 0 Å². The molecule has 2 aliphatic rings.